The Morgan fingerprint density at radius 3 is 2.94 bits per heavy atom. The molecule has 0 aliphatic carbocycles. The Kier molecular flexibility index (Phi) is 3.02. The molecule has 2 rings (SSSR count). The van der Waals surface area contributed by atoms with E-state index >= 15 is 0 Å². The number of benzene rings is 1. The van der Waals surface area contributed by atoms with Gasteiger partial charge in [0.25, 0.3) is 5.91 Å². The molecule has 1 aromatic carbocycles. The van der Waals surface area contributed by atoms with E-state index in [9.17, 15) is 9.59 Å². The van der Waals surface area contributed by atoms with E-state index in [0.717, 1.165) is 10.5 Å². The minimum Gasteiger partial charge on any atom is -0.399 e. The molecule has 2 amide bonds. The number of hydrogen-bond donors (Lipinski definition) is 1. The Hall–Kier alpha value is -2.35. The number of imide groups is 1. The minimum absolute atomic E-state index is 0.161. The molecule has 5 nitrogen and oxygen atoms in total. The van der Waals surface area contributed by atoms with E-state index < -0.39 is 11.8 Å². The van der Waals surface area contributed by atoms with Crippen LogP contribution < -0.4 is 10.6 Å². The molecule has 0 saturated carbocycles. The van der Waals surface area contributed by atoms with Crippen LogP contribution >= 0.6 is 0 Å². The van der Waals surface area contributed by atoms with Gasteiger partial charge in [-0.05, 0) is 30.2 Å². The molecule has 0 spiro atoms. The fourth-order valence-electron chi connectivity index (χ4n) is 2.06. The molecule has 18 heavy (non-hydrogen) atoms. The molecule has 92 valence electrons. The normalized spacial score (nSPS) is 15.1. The third-order valence-corrected chi connectivity index (χ3v) is 3.02. The summed E-state index contributed by atoms with van der Waals surface area (Å²) < 4.78 is 0. The minimum atomic E-state index is -0.780. The van der Waals surface area contributed by atoms with Crippen LogP contribution in [0.25, 0.3) is 0 Å². The van der Waals surface area contributed by atoms with Crippen molar-refractivity contribution in [1.82, 2.24) is 0 Å². The summed E-state index contributed by atoms with van der Waals surface area (Å²) >= 11 is 0. The highest BCUT2D eigenvalue weighted by Crippen LogP contribution is 2.31. The lowest BCUT2D eigenvalue weighted by molar-refractivity contribution is -0.127. The lowest BCUT2D eigenvalue weighted by Gasteiger charge is -2.17. The second kappa shape index (κ2) is 4.49. The predicted octanol–water partition coefficient (Wildman–Crippen LogP) is 1.23. The van der Waals surface area contributed by atoms with Crippen LogP contribution in [0.5, 0.6) is 0 Å². The van der Waals surface area contributed by atoms with Crippen LogP contribution in [0.15, 0.2) is 18.2 Å². The van der Waals surface area contributed by atoms with Gasteiger partial charge in [0, 0.05) is 5.69 Å². The van der Waals surface area contributed by atoms with E-state index in [4.69, 9.17) is 11.0 Å². The number of nitrogens with zero attached hydrogens (tertiary/aromatic N) is 2. The number of carbonyl (C=O) groups excluding carboxylic acids is 2. The van der Waals surface area contributed by atoms with Crippen LogP contribution in [0.3, 0.4) is 0 Å². The summed E-state index contributed by atoms with van der Waals surface area (Å²) in [5, 5.41) is 8.91. The molecular formula is C13H13N3O2. The van der Waals surface area contributed by atoms with Gasteiger partial charge in [0.15, 0.2) is 0 Å². The van der Waals surface area contributed by atoms with Crippen molar-refractivity contribution in [2.24, 2.45) is 5.92 Å². The van der Waals surface area contributed by atoms with Gasteiger partial charge in [0.2, 0.25) is 5.91 Å². The van der Waals surface area contributed by atoms with Crippen LogP contribution in [0, 0.1) is 17.2 Å². The molecule has 1 unspecified atom stereocenters. The lowest BCUT2D eigenvalue weighted by Crippen LogP contribution is -2.37. The molecule has 0 radical (unpaired) electrons. The molecule has 1 atom stereocenters. The van der Waals surface area contributed by atoms with Crippen molar-refractivity contribution in [2.75, 3.05) is 10.6 Å². The lowest BCUT2D eigenvalue weighted by atomic mass is 10.1. The summed E-state index contributed by atoms with van der Waals surface area (Å²) in [4.78, 5) is 25.1. The summed E-state index contributed by atoms with van der Waals surface area (Å²) in [6.07, 6.45) is 0.553. The highest BCUT2D eigenvalue weighted by atomic mass is 16.2. The summed E-state index contributed by atoms with van der Waals surface area (Å²) in [5.41, 5.74) is 7.49. The van der Waals surface area contributed by atoms with Gasteiger partial charge in [0.1, 0.15) is 5.92 Å². The van der Waals surface area contributed by atoms with Gasteiger partial charge < -0.3 is 5.73 Å². The molecule has 5 heteroatoms. The highest BCUT2D eigenvalue weighted by molar-refractivity contribution is 6.20. The molecule has 2 N–H and O–H groups in total. The second-order valence-electron chi connectivity index (χ2n) is 4.22. The Balaban J connectivity index is 2.40. The summed E-state index contributed by atoms with van der Waals surface area (Å²) in [6.45, 7) is 1.75. The van der Waals surface area contributed by atoms with Crippen molar-refractivity contribution in [3.63, 3.8) is 0 Å². The maximum atomic E-state index is 12.1. The zero-order chi connectivity index (χ0) is 13.3. The number of fused-ring (bicyclic) bond motifs is 1. The van der Waals surface area contributed by atoms with Crippen LogP contribution in [0.4, 0.5) is 11.4 Å². The maximum Gasteiger partial charge on any atom is 0.251 e. The van der Waals surface area contributed by atoms with E-state index in [1.54, 1.807) is 25.1 Å². The molecule has 0 aromatic heterocycles. The van der Waals surface area contributed by atoms with Gasteiger partial charge in [0.05, 0.1) is 18.2 Å². The number of nitriles is 1. The van der Waals surface area contributed by atoms with Crippen molar-refractivity contribution in [2.45, 2.75) is 19.8 Å². The largest absolute Gasteiger partial charge is 0.399 e. The number of nitrogens with two attached hydrogens (primary N) is 1. The monoisotopic (exact) mass is 243 g/mol. The van der Waals surface area contributed by atoms with Gasteiger partial charge in [-0.3, -0.25) is 9.59 Å². The fourth-order valence-corrected chi connectivity index (χ4v) is 2.06. The van der Waals surface area contributed by atoms with Crippen molar-refractivity contribution in [3.05, 3.63) is 23.8 Å². The second-order valence-corrected chi connectivity index (χ2v) is 4.22. The van der Waals surface area contributed by atoms with Crippen LogP contribution in [0.2, 0.25) is 0 Å². The van der Waals surface area contributed by atoms with E-state index in [1.165, 1.54) is 0 Å². The molecule has 1 aliphatic heterocycles. The first-order valence-corrected chi connectivity index (χ1v) is 5.73. The Bertz CT molecular complexity index is 560. The summed E-state index contributed by atoms with van der Waals surface area (Å²) in [6, 6.07) is 6.91. The Morgan fingerprint density at radius 2 is 2.33 bits per heavy atom. The number of rotatable bonds is 2. The first kappa shape index (κ1) is 12.1. The van der Waals surface area contributed by atoms with Crippen LogP contribution in [-0.2, 0) is 16.0 Å². The highest BCUT2D eigenvalue weighted by Gasteiger charge is 2.35. The van der Waals surface area contributed by atoms with E-state index in [2.05, 4.69) is 0 Å². The molecule has 1 aromatic rings. The van der Waals surface area contributed by atoms with Gasteiger partial charge in [-0.2, -0.15) is 5.26 Å². The van der Waals surface area contributed by atoms with Gasteiger partial charge in [-0.25, -0.2) is 4.90 Å². The van der Waals surface area contributed by atoms with Crippen molar-refractivity contribution < 1.29 is 9.59 Å². The molecule has 0 saturated heterocycles. The van der Waals surface area contributed by atoms with Gasteiger partial charge in [-0.15, -0.1) is 0 Å². The molecular weight excluding hydrogens is 230 g/mol. The smallest absolute Gasteiger partial charge is 0.251 e. The third-order valence-electron chi connectivity index (χ3n) is 3.02. The van der Waals surface area contributed by atoms with Crippen molar-refractivity contribution in [1.29, 1.82) is 5.26 Å². The number of carbonyl (C=O) groups is 2. The topological polar surface area (TPSA) is 87.2 Å². The van der Waals surface area contributed by atoms with Crippen molar-refractivity contribution in [3.8, 4) is 6.07 Å². The molecule has 1 heterocycles. The zero-order valence-electron chi connectivity index (χ0n) is 10.0. The number of anilines is 2. The molecule has 0 fully saturated rings. The summed E-state index contributed by atoms with van der Waals surface area (Å²) in [5.74, 6) is -1.53. The van der Waals surface area contributed by atoms with Gasteiger partial charge in [-0.1, -0.05) is 6.92 Å². The van der Waals surface area contributed by atoms with Crippen molar-refractivity contribution >= 4 is 23.2 Å². The molecule has 0 bridgehead atoms. The SMILES string of the molecule is CCC(C#N)C(=O)N1C(=O)Cc2cc(N)ccc21. The first-order chi connectivity index (χ1) is 8.58. The van der Waals surface area contributed by atoms with Gasteiger partial charge >= 0.3 is 0 Å². The maximum absolute atomic E-state index is 12.1. The number of hydrogen-bond acceptors (Lipinski definition) is 4. The van der Waals surface area contributed by atoms with Crippen LogP contribution in [-0.4, -0.2) is 11.8 Å². The average Bonchev–Trinajstić information content (AvgIpc) is 2.65. The van der Waals surface area contributed by atoms with E-state index in [-0.39, 0.29) is 12.3 Å². The Labute approximate surface area is 105 Å². The quantitative estimate of drug-likeness (QED) is 0.791. The Morgan fingerprint density at radius 1 is 1.61 bits per heavy atom. The average molecular weight is 243 g/mol. The standard InChI is InChI=1S/C13H13N3O2/c1-2-8(7-14)13(18)16-11-4-3-10(15)5-9(11)6-12(16)17/h3-5,8H,2,6,15H2,1H3. The van der Waals surface area contributed by atoms with Crippen LogP contribution in [0.1, 0.15) is 18.9 Å². The zero-order valence-corrected chi connectivity index (χ0v) is 10.0. The first-order valence-electron chi connectivity index (χ1n) is 5.73. The third kappa shape index (κ3) is 1.82. The summed E-state index contributed by atoms with van der Waals surface area (Å²) in [7, 11) is 0. The molecule has 1 aliphatic rings. The fraction of sp³-hybridized carbons (Fsp3) is 0.308. The number of nitrogen functional groups attached to an aromatic ring is 1. The van der Waals surface area contributed by atoms with E-state index in [1.807, 2.05) is 6.07 Å². The predicted molar refractivity (Wildman–Crippen MR) is 66.4 cm³/mol. The number of amides is 2. The van der Waals surface area contributed by atoms with E-state index in [0.29, 0.717) is 17.8 Å².